The first kappa shape index (κ1) is 15.1. The van der Waals surface area contributed by atoms with Crippen molar-refractivity contribution in [2.45, 2.75) is 31.7 Å². The number of hydrogen-bond donors (Lipinski definition) is 2. The number of nitrogens with zero attached hydrogens (tertiary/aromatic N) is 1. The van der Waals surface area contributed by atoms with E-state index in [1.807, 2.05) is 0 Å². The Balaban J connectivity index is 1.77. The fourth-order valence-corrected chi connectivity index (χ4v) is 1.95. The van der Waals surface area contributed by atoms with Gasteiger partial charge in [-0.1, -0.05) is 0 Å². The fraction of sp³-hybridized carbons (Fsp3) is 0.500. The van der Waals surface area contributed by atoms with Crippen LogP contribution in [0.2, 0.25) is 0 Å². The van der Waals surface area contributed by atoms with Gasteiger partial charge in [0.15, 0.2) is 5.75 Å². The molecule has 1 aliphatic carbocycles. The van der Waals surface area contributed by atoms with E-state index in [4.69, 9.17) is 4.74 Å². The molecule has 0 bridgehead atoms. The summed E-state index contributed by atoms with van der Waals surface area (Å²) in [7, 11) is 1.40. The summed E-state index contributed by atoms with van der Waals surface area (Å²) in [6.45, 7) is 0.624. The zero-order valence-corrected chi connectivity index (χ0v) is 11.9. The van der Waals surface area contributed by atoms with Gasteiger partial charge < -0.3 is 15.4 Å². The predicted octanol–water partition coefficient (Wildman–Crippen LogP) is 2.07. The molecule has 0 aromatic heterocycles. The van der Waals surface area contributed by atoms with Crippen molar-refractivity contribution < 1.29 is 14.5 Å². The molecule has 1 amide bonds. The van der Waals surface area contributed by atoms with Gasteiger partial charge in [-0.15, -0.1) is 0 Å². The topological polar surface area (TPSA) is 93.5 Å². The van der Waals surface area contributed by atoms with E-state index in [0.29, 0.717) is 25.4 Å². The lowest BCUT2D eigenvalue weighted by Gasteiger charge is -2.08. The number of anilines is 1. The van der Waals surface area contributed by atoms with Gasteiger partial charge in [0.25, 0.3) is 0 Å². The summed E-state index contributed by atoms with van der Waals surface area (Å²) in [5.74, 6) is 0.303. The van der Waals surface area contributed by atoms with Gasteiger partial charge in [0.2, 0.25) is 5.91 Å². The highest BCUT2D eigenvalue weighted by Crippen LogP contribution is 2.29. The highest BCUT2D eigenvalue weighted by molar-refractivity contribution is 5.76. The second kappa shape index (κ2) is 6.92. The lowest BCUT2D eigenvalue weighted by atomic mass is 10.2. The van der Waals surface area contributed by atoms with Crippen molar-refractivity contribution in [2.24, 2.45) is 0 Å². The van der Waals surface area contributed by atoms with Gasteiger partial charge in [-0.05, 0) is 25.3 Å². The van der Waals surface area contributed by atoms with Crippen molar-refractivity contribution in [1.29, 1.82) is 0 Å². The van der Waals surface area contributed by atoms with Crippen LogP contribution in [-0.4, -0.2) is 30.5 Å². The molecule has 1 aliphatic rings. The van der Waals surface area contributed by atoms with E-state index in [2.05, 4.69) is 10.6 Å². The first-order valence-electron chi connectivity index (χ1n) is 6.96. The summed E-state index contributed by atoms with van der Waals surface area (Å²) in [5.41, 5.74) is 0.673. The number of ether oxygens (including phenoxy) is 1. The quantitative estimate of drug-likeness (QED) is 0.435. The second-order valence-corrected chi connectivity index (χ2v) is 5.02. The average Bonchev–Trinajstić information content (AvgIpc) is 3.27. The number of amides is 1. The lowest BCUT2D eigenvalue weighted by Crippen LogP contribution is -2.25. The Bertz CT molecular complexity index is 529. The first-order chi connectivity index (χ1) is 10.1. The number of methoxy groups -OCH3 is 1. The Kier molecular flexibility index (Phi) is 4.97. The lowest BCUT2D eigenvalue weighted by molar-refractivity contribution is -0.385. The molecule has 7 heteroatoms. The van der Waals surface area contributed by atoms with Gasteiger partial charge in [0.05, 0.1) is 12.0 Å². The molecule has 0 heterocycles. The van der Waals surface area contributed by atoms with E-state index >= 15 is 0 Å². The summed E-state index contributed by atoms with van der Waals surface area (Å²) < 4.78 is 5.00. The van der Waals surface area contributed by atoms with Crippen LogP contribution >= 0.6 is 0 Å². The van der Waals surface area contributed by atoms with Crippen LogP contribution in [-0.2, 0) is 4.79 Å². The summed E-state index contributed by atoms with van der Waals surface area (Å²) >= 11 is 0. The largest absolute Gasteiger partial charge is 0.490 e. The fourth-order valence-electron chi connectivity index (χ4n) is 1.95. The minimum atomic E-state index is -0.481. The normalized spacial score (nSPS) is 13.6. The van der Waals surface area contributed by atoms with E-state index in [-0.39, 0.29) is 17.3 Å². The molecule has 1 aromatic carbocycles. The van der Waals surface area contributed by atoms with E-state index < -0.39 is 4.92 Å². The summed E-state index contributed by atoms with van der Waals surface area (Å²) in [4.78, 5) is 21.8. The number of nitro groups is 1. The van der Waals surface area contributed by atoms with Crippen molar-refractivity contribution in [2.75, 3.05) is 19.0 Å². The standard InChI is InChI=1S/C14H19N3O4/c1-21-13-9-11(6-7-12(13)17(19)20)15-8-2-3-14(18)16-10-4-5-10/h6-7,9-10,15H,2-5,8H2,1H3,(H,16,18). The van der Waals surface area contributed by atoms with Crippen LogP contribution in [0, 0.1) is 10.1 Å². The Morgan fingerprint density at radius 3 is 2.86 bits per heavy atom. The Labute approximate surface area is 122 Å². The number of carbonyl (C=O) groups excluding carboxylic acids is 1. The number of benzene rings is 1. The maximum absolute atomic E-state index is 11.5. The van der Waals surface area contributed by atoms with Gasteiger partial charge in [-0.3, -0.25) is 14.9 Å². The number of hydrogen-bond acceptors (Lipinski definition) is 5. The molecule has 1 saturated carbocycles. The monoisotopic (exact) mass is 293 g/mol. The molecule has 0 unspecified atom stereocenters. The summed E-state index contributed by atoms with van der Waals surface area (Å²) in [6.07, 6.45) is 3.37. The SMILES string of the molecule is COc1cc(NCCCC(=O)NC2CC2)ccc1[N+](=O)[O-]. The van der Waals surface area contributed by atoms with Crippen LogP contribution in [0.15, 0.2) is 18.2 Å². The Hall–Kier alpha value is -2.31. The van der Waals surface area contributed by atoms with Crippen LogP contribution in [0.1, 0.15) is 25.7 Å². The molecule has 1 fully saturated rings. The van der Waals surface area contributed by atoms with Gasteiger partial charge in [0, 0.05) is 36.8 Å². The molecule has 0 radical (unpaired) electrons. The van der Waals surface area contributed by atoms with Crippen molar-refractivity contribution in [3.63, 3.8) is 0 Å². The van der Waals surface area contributed by atoms with E-state index in [1.54, 1.807) is 12.1 Å². The van der Waals surface area contributed by atoms with Crippen LogP contribution in [0.25, 0.3) is 0 Å². The van der Waals surface area contributed by atoms with Gasteiger partial charge >= 0.3 is 5.69 Å². The molecule has 7 nitrogen and oxygen atoms in total. The van der Waals surface area contributed by atoms with Crippen molar-refractivity contribution >= 4 is 17.3 Å². The zero-order valence-electron chi connectivity index (χ0n) is 11.9. The number of rotatable bonds is 8. The number of nitrogens with one attached hydrogen (secondary N) is 2. The summed E-state index contributed by atoms with van der Waals surface area (Å²) in [5, 5.41) is 16.8. The third-order valence-corrected chi connectivity index (χ3v) is 3.23. The molecular formula is C14H19N3O4. The highest BCUT2D eigenvalue weighted by Gasteiger charge is 2.22. The minimum Gasteiger partial charge on any atom is -0.490 e. The first-order valence-corrected chi connectivity index (χ1v) is 6.96. The summed E-state index contributed by atoms with van der Waals surface area (Å²) in [6, 6.07) is 5.01. The van der Waals surface area contributed by atoms with Crippen molar-refractivity contribution in [3.8, 4) is 5.75 Å². The average molecular weight is 293 g/mol. The van der Waals surface area contributed by atoms with Crippen molar-refractivity contribution in [3.05, 3.63) is 28.3 Å². The molecule has 114 valence electrons. The van der Waals surface area contributed by atoms with Crippen LogP contribution < -0.4 is 15.4 Å². The molecule has 0 spiro atoms. The molecule has 0 saturated heterocycles. The molecule has 2 rings (SSSR count). The van der Waals surface area contributed by atoms with E-state index in [0.717, 1.165) is 18.5 Å². The maximum Gasteiger partial charge on any atom is 0.311 e. The molecule has 1 aromatic rings. The van der Waals surface area contributed by atoms with Crippen LogP contribution in [0.3, 0.4) is 0 Å². The van der Waals surface area contributed by atoms with Gasteiger partial charge in [0.1, 0.15) is 0 Å². The van der Waals surface area contributed by atoms with Crippen molar-refractivity contribution in [1.82, 2.24) is 5.32 Å². The third-order valence-electron chi connectivity index (χ3n) is 3.23. The predicted molar refractivity (Wildman–Crippen MR) is 78.5 cm³/mol. The minimum absolute atomic E-state index is 0.0631. The Morgan fingerprint density at radius 2 is 2.24 bits per heavy atom. The van der Waals surface area contributed by atoms with Crippen LogP contribution in [0.5, 0.6) is 5.75 Å². The molecule has 0 aliphatic heterocycles. The molecule has 21 heavy (non-hydrogen) atoms. The van der Waals surface area contributed by atoms with Gasteiger partial charge in [-0.2, -0.15) is 0 Å². The smallest absolute Gasteiger partial charge is 0.311 e. The van der Waals surface area contributed by atoms with Gasteiger partial charge in [-0.25, -0.2) is 0 Å². The van der Waals surface area contributed by atoms with E-state index in [9.17, 15) is 14.9 Å². The van der Waals surface area contributed by atoms with E-state index in [1.165, 1.54) is 13.2 Å². The molecule has 2 N–H and O–H groups in total. The third kappa shape index (κ3) is 4.62. The number of carbonyl (C=O) groups is 1. The Morgan fingerprint density at radius 1 is 1.48 bits per heavy atom. The van der Waals surface area contributed by atoms with Crippen LogP contribution in [0.4, 0.5) is 11.4 Å². The maximum atomic E-state index is 11.5. The number of nitro benzene ring substituents is 1. The highest BCUT2D eigenvalue weighted by atomic mass is 16.6. The molecular weight excluding hydrogens is 274 g/mol. The second-order valence-electron chi connectivity index (χ2n) is 5.02. The zero-order chi connectivity index (χ0) is 15.2. The molecule has 0 atom stereocenters.